The Morgan fingerprint density at radius 1 is 0.417 bits per heavy atom. The molecule has 0 amide bonds. The van der Waals surface area contributed by atoms with Crippen molar-refractivity contribution in [2.45, 2.75) is 0 Å². The Balaban J connectivity index is 1.32. The Bertz CT molecular complexity index is 2780. The van der Waals surface area contributed by atoms with Crippen molar-refractivity contribution in [1.82, 2.24) is 19.5 Å². The quantitative estimate of drug-likeness (QED) is 0.198. The fraction of sp³-hybridized carbons (Fsp3) is 0. The van der Waals surface area contributed by atoms with E-state index < -0.39 is 0 Å². The lowest BCUT2D eigenvalue weighted by atomic mass is 10.00. The molecular formula is C43H26N4O. The molecule has 0 atom stereocenters. The third-order valence-electron chi connectivity index (χ3n) is 9.23. The second kappa shape index (κ2) is 10.5. The Morgan fingerprint density at radius 3 is 1.79 bits per heavy atom. The first-order valence-electron chi connectivity index (χ1n) is 16.0. The van der Waals surface area contributed by atoms with Crippen LogP contribution in [0.15, 0.2) is 162 Å². The molecule has 48 heavy (non-hydrogen) atoms. The molecule has 0 saturated heterocycles. The molecule has 10 rings (SSSR count). The van der Waals surface area contributed by atoms with Crippen LogP contribution in [0.1, 0.15) is 0 Å². The smallest absolute Gasteiger partial charge is 0.238 e. The molecule has 0 aliphatic carbocycles. The molecule has 0 unspecified atom stereocenters. The van der Waals surface area contributed by atoms with Gasteiger partial charge in [0.25, 0.3) is 0 Å². The molecular weight excluding hydrogens is 589 g/mol. The van der Waals surface area contributed by atoms with Crippen molar-refractivity contribution < 1.29 is 4.42 Å². The molecule has 7 aromatic carbocycles. The van der Waals surface area contributed by atoms with Crippen LogP contribution in [0.5, 0.6) is 0 Å². The summed E-state index contributed by atoms with van der Waals surface area (Å²) in [7, 11) is 0. The maximum Gasteiger partial charge on any atom is 0.238 e. The molecule has 3 aromatic heterocycles. The van der Waals surface area contributed by atoms with Crippen LogP contribution in [0.2, 0.25) is 0 Å². The van der Waals surface area contributed by atoms with Gasteiger partial charge in [-0.3, -0.25) is 4.57 Å². The summed E-state index contributed by atoms with van der Waals surface area (Å²) in [5, 5.41) is 6.82. The highest BCUT2D eigenvalue weighted by Gasteiger charge is 2.21. The summed E-state index contributed by atoms with van der Waals surface area (Å²) in [4.78, 5) is 15.4. The van der Waals surface area contributed by atoms with E-state index in [-0.39, 0.29) is 0 Å². The minimum atomic E-state index is 0.565. The van der Waals surface area contributed by atoms with Gasteiger partial charge in [-0.2, -0.15) is 9.97 Å². The second-order valence-corrected chi connectivity index (χ2v) is 12.1. The standard InChI is InChI=1S/C43H26N4O/c1-3-12-27(13-4-1)41-44-42(28-14-5-2-6-15-28)46-43(45-41)47-37-25-30-17-8-7-16-29(30)24-36(37)35-20-11-19-32(40(35)47)31-22-23-34-33-18-9-10-21-38(33)48-39(34)26-31/h1-26H. The molecule has 0 fully saturated rings. The fourth-order valence-electron chi connectivity index (χ4n) is 6.98. The van der Waals surface area contributed by atoms with Gasteiger partial charge in [0.1, 0.15) is 11.2 Å². The topological polar surface area (TPSA) is 56.7 Å². The van der Waals surface area contributed by atoms with Crippen molar-refractivity contribution in [3.63, 3.8) is 0 Å². The zero-order valence-corrected chi connectivity index (χ0v) is 25.7. The minimum Gasteiger partial charge on any atom is -0.456 e. The Hall–Kier alpha value is -6.59. The number of rotatable bonds is 4. The minimum absolute atomic E-state index is 0.565. The molecule has 0 saturated carbocycles. The van der Waals surface area contributed by atoms with Crippen LogP contribution in [0, 0.1) is 0 Å². The van der Waals surface area contributed by atoms with Crippen molar-refractivity contribution in [2.24, 2.45) is 0 Å². The Labute approximate surface area is 275 Å². The zero-order valence-electron chi connectivity index (χ0n) is 25.7. The summed E-state index contributed by atoms with van der Waals surface area (Å²) in [6.45, 7) is 0. The zero-order chi connectivity index (χ0) is 31.6. The van der Waals surface area contributed by atoms with E-state index >= 15 is 0 Å². The van der Waals surface area contributed by atoms with Gasteiger partial charge in [-0.1, -0.05) is 127 Å². The summed E-state index contributed by atoms with van der Waals surface area (Å²) in [6.07, 6.45) is 0. The highest BCUT2D eigenvalue weighted by atomic mass is 16.3. The maximum atomic E-state index is 6.34. The SMILES string of the molecule is c1ccc(-c2nc(-c3ccccc3)nc(-n3c4cc5ccccc5cc4c4cccc(-c5ccc6c(c5)oc5ccccc56)c43)n2)cc1. The van der Waals surface area contributed by atoms with Gasteiger partial charge in [0.15, 0.2) is 11.6 Å². The van der Waals surface area contributed by atoms with Crippen molar-refractivity contribution in [3.8, 4) is 39.9 Å². The Morgan fingerprint density at radius 2 is 1.04 bits per heavy atom. The molecule has 10 aromatic rings. The van der Waals surface area contributed by atoms with E-state index in [9.17, 15) is 0 Å². The van der Waals surface area contributed by atoms with Gasteiger partial charge < -0.3 is 4.42 Å². The highest BCUT2D eigenvalue weighted by Crippen LogP contribution is 2.41. The molecule has 3 heterocycles. The van der Waals surface area contributed by atoms with Gasteiger partial charge in [-0.25, -0.2) is 4.98 Å². The van der Waals surface area contributed by atoms with Crippen LogP contribution in [0.4, 0.5) is 0 Å². The van der Waals surface area contributed by atoms with E-state index in [0.717, 1.165) is 71.4 Å². The maximum absolute atomic E-state index is 6.34. The van der Waals surface area contributed by atoms with Crippen LogP contribution in [0.3, 0.4) is 0 Å². The number of hydrogen-bond acceptors (Lipinski definition) is 4. The summed E-state index contributed by atoms with van der Waals surface area (Å²) in [6, 6.07) is 54.5. The van der Waals surface area contributed by atoms with Crippen LogP contribution < -0.4 is 0 Å². The van der Waals surface area contributed by atoms with E-state index in [2.05, 4.69) is 89.5 Å². The average Bonchev–Trinajstić information content (AvgIpc) is 3.69. The Kier molecular flexibility index (Phi) is 5.81. The molecule has 0 N–H and O–H groups in total. The number of benzene rings is 7. The molecule has 0 aliphatic heterocycles. The van der Waals surface area contributed by atoms with E-state index in [1.54, 1.807) is 0 Å². The fourth-order valence-corrected chi connectivity index (χ4v) is 6.98. The predicted octanol–water partition coefficient (Wildman–Crippen LogP) is 11.0. The van der Waals surface area contributed by atoms with Crippen molar-refractivity contribution in [3.05, 3.63) is 158 Å². The lowest BCUT2D eigenvalue weighted by Crippen LogP contribution is -2.07. The van der Waals surface area contributed by atoms with Gasteiger partial charge in [0.2, 0.25) is 5.95 Å². The van der Waals surface area contributed by atoms with Gasteiger partial charge in [-0.05, 0) is 46.7 Å². The lowest BCUT2D eigenvalue weighted by molar-refractivity contribution is 0.669. The van der Waals surface area contributed by atoms with E-state index in [0.29, 0.717) is 17.6 Å². The first-order chi connectivity index (χ1) is 23.8. The number of aromatic nitrogens is 4. The van der Waals surface area contributed by atoms with E-state index in [4.69, 9.17) is 19.4 Å². The van der Waals surface area contributed by atoms with Gasteiger partial charge in [0.05, 0.1) is 11.0 Å². The summed E-state index contributed by atoms with van der Waals surface area (Å²) < 4.78 is 8.56. The third-order valence-corrected chi connectivity index (χ3v) is 9.23. The van der Waals surface area contributed by atoms with Gasteiger partial charge in [0, 0.05) is 38.2 Å². The first-order valence-corrected chi connectivity index (χ1v) is 16.0. The molecule has 5 nitrogen and oxygen atoms in total. The molecule has 0 spiro atoms. The average molecular weight is 615 g/mol. The highest BCUT2D eigenvalue weighted by molar-refractivity contribution is 6.17. The monoisotopic (exact) mass is 614 g/mol. The van der Waals surface area contributed by atoms with Crippen molar-refractivity contribution >= 4 is 54.5 Å². The van der Waals surface area contributed by atoms with E-state index in [1.807, 2.05) is 72.8 Å². The summed E-state index contributed by atoms with van der Waals surface area (Å²) in [5.74, 6) is 1.81. The normalized spacial score (nSPS) is 11.8. The molecule has 224 valence electrons. The molecule has 0 aliphatic rings. The van der Waals surface area contributed by atoms with Gasteiger partial charge in [-0.15, -0.1) is 0 Å². The van der Waals surface area contributed by atoms with Crippen LogP contribution in [-0.2, 0) is 0 Å². The molecule has 5 heteroatoms. The first kappa shape index (κ1) is 26.6. The lowest BCUT2D eigenvalue weighted by Gasteiger charge is -2.13. The van der Waals surface area contributed by atoms with Crippen molar-refractivity contribution in [1.29, 1.82) is 0 Å². The van der Waals surface area contributed by atoms with Crippen molar-refractivity contribution in [2.75, 3.05) is 0 Å². The number of nitrogens with zero attached hydrogens (tertiary/aromatic N) is 4. The molecule has 0 bridgehead atoms. The largest absolute Gasteiger partial charge is 0.456 e. The van der Waals surface area contributed by atoms with E-state index in [1.165, 1.54) is 5.39 Å². The third kappa shape index (κ3) is 4.15. The second-order valence-electron chi connectivity index (χ2n) is 12.1. The number of fused-ring (bicyclic) bond motifs is 7. The van der Waals surface area contributed by atoms with Gasteiger partial charge >= 0.3 is 0 Å². The number of para-hydroxylation sites is 2. The van der Waals surface area contributed by atoms with Crippen LogP contribution in [0.25, 0.3) is 94.4 Å². The summed E-state index contributed by atoms with van der Waals surface area (Å²) in [5.41, 5.74) is 7.79. The van der Waals surface area contributed by atoms with Crippen LogP contribution in [-0.4, -0.2) is 19.5 Å². The predicted molar refractivity (Wildman–Crippen MR) is 195 cm³/mol. The van der Waals surface area contributed by atoms with Crippen LogP contribution >= 0.6 is 0 Å². The number of hydrogen-bond donors (Lipinski definition) is 0. The summed E-state index contributed by atoms with van der Waals surface area (Å²) >= 11 is 0. The molecule has 0 radical (unpaired) electrons. The number of furan rings is 1.